The van der Waals surface area contributed by atoms with Gasteiger partial charge in [-0.2, -0.15) is 0 Å². The first-order valence-electron chi connectivity index (χ1n) is 5.86. The Morgan fingerprint density at radius 3 is 2.75 bits per heavy atom. The van der Waals surface area contributed by atoms with Gasteiger partial charge in [0.1, 0.15) is 5.82 Å². The summed E-state index contributed by atoms with van der Waals surface area (Å²) >= 11 is 0. The number of fused-ring (bicyclic) bond motifs is 1. The maximum Gasteiger partial charge on any atom is 0.124 e. The lowest BCUT2D eigenvalue weighted by Gasteiger charge is -2.28. The molecule has 2 nitrogen and oxygen atoms in total. The molecule has 3 rings (SSSR count). The first kappa shape index (κ1) is 9.70. The molecule has 0 bridgehead atoms. The average molecular weight is 218 g/mol. The number of aromatic amines is 1. The third kappa shape index (κ3) is 1.56. The molecule has 0 radical (unpaired) electrons. The van der Waals surface area contributed by atoms with Crippen molar-refractivity contribution in [1.29, 1.82) is 0 Å². The van der Waals surface area contributed by atoms with E-state index in [0.29, 0.717) is 0 Å². The van der Waals surface area contributed by atoms with Crippen molar-refractivity contribution < 1.29 is 4.39 Å². The third-order valence-electron chi connectivity index (χ3n) is 3.32. The first-order chi connectivity index (χ1) is 7.84. The van der Waals surface area contributed by atoms with Crippen molar-refractivity contribution in [3.63, 3.8) is 0 Å². The van der Waals surface area contributed by atoms with Crippen molar-refractivity contribution >= 4 is 16.6 Å². The molecule has 1 aromatic heterocycles. The van der Waals surface area contributed by atoms with E-state index >= 15 is 0 Å². The summed E-state index contributed by atoms with van der Waals surface area (Å²) in [7, 11) is 0. The fourth-order valence-electron chi connectivity index (χ4n) is 2.47. The molecule has 1 aliphatic heterocycles. The molecular formula is C13H15FN2. The van der Waals surface area contributed by atoms with Crippen LogP contribution in [-0.4, -0.2) is 18.1 Å². The molecule has 0 atom stereocenters. The number of piperidine rings is 1. The highest BCUT2D eigenvalue weighted by Gasteiger charge is 2.14. The number of H-pyrrole nitrogens is 1. The minimum atomic E-state index is -0.162. The van der Waals surface area contributed by atoms with Crippen molar-refractivity contribution in [2.75, 3.05) is 18.0 Å². The van der Waals surface area contributed by atoms with Crippen LogP contribution in [0.4, 0.5) is 10.1 Å². The van der Waals surface area contributed by atoms with E-state index in [1.807, 2.05) is 6.20 Å². The predicted octanol–water partition coefficient (Wildman–Crippen LogP) is 3.30. The average Bonchev–Trinajstić information content (AvgIpc) is 2.73. The lowest BCUT2D eigenvalue weighted by molar-refractivity contribution is 0.579. The molecule has 2 aromatic rings. The molecule has 0 spiro atoms. The Labute approximate surface area is 94.1 Å². The fourth-order valence-corrected chi connectivity index (χ4v) is 2.47. The Kier molecular flexibility index (Phi) is 2.31. The largest absolute Gasteiger partial charge is 0.370 e. The molecule has 0 amide bonds. The standard InChI is InChI=1S/C13H15FN2/c14-10-4-5-12-11(8-10)13(9-15-12)16-6-2-1-3-7-16/h4-5,8-9,15H,1-3,6-7H2. The van der Waals surface area contributed by atoms with E-state index in [4.69, 9.17) is 0 Å². The normalized spacial score (nSPS) is 16.9. The molecule has 16 heavy (non-hydrogen) atoms. The quantitative estimate of drug-likeness (QED) is 0.778. The molecule has 3 heteroatoms. The molecule has 1 aliphatic rings. The van der Waals surface area contributed by atoms with Crippen molar-refractivity contribution in [3.05, 3.63) is 30.2 Å². The maximum absolute atomic E-state index is 13.2. The van der Waals surface area contributed by atoms with E-state index in [0.717, 1.165) is 29.7 Å². The van der Waals surface area contributed by atoms with Crippen molar-refractivity contribution in [1.82, 2.24) is 4.98 Å². The monoisotopic (exact) mass is 218 g/mol. The summed E-state index contributed by atoms with van der Waals surface area (Å²) in [6.07, 6.45) is 5.78. The van der Waals surface area contributed by atoms with Crippen LogP contribution in [0, 0.1) is 5.82 Å². The topological polar surface area (TPSA) is 19.0 Å². The predicted molar refractivity (Wildman–Crippen MR) is 64.3 cm³/mol. The summed E-state index contributed by atoms with van der Waals surface area (Å²) in [5.74, 6) is -0.162. The van der Waals surface area contributed by atoms with Gasteiger partial charge in [0, 0.05) is 30.2 Å². The van der Waals surface area contributed by atoms with Gasteiger partial charge in [-0.1, -0.05) is 0 Å². The fraction of sp³-hybridized carbons (Fsp3) is 0.385. The molecule has 1 N–H and O–H groups in total. The van der Waals surface area contributed by atoms with Crippen LogP contribution in [0.1, 0.15) is 19.3 Å². The number of hydrogen-bond donors (Lipinski definition) is 1. The van der Waals surface area contributed by atoms with Crippen LogP contribution < -0.4 is 4.90 Å². The number of nitrogens with zero attached hydrogens (tertiary/aromatic N) is 1. The lowest BCUT2D eigenvalue weighted by Crippen LogP contribution is -2.29. The van der Waals surface area contributed by atoms with Crippen molar-refractivity contribution in [3.8, 4) is 0 Å². The van der Waals surface area contributed by atoms with Crippen LogP contribution in [0.3, 0.4) is 0 Å². The SMILES string of the molecule is Fc1ccc2[nH]cc(N3CCCCC3)c2c1. The Balaban J connectivity index is 2.05. The van der Waals surface area contributed by atoms with E-state index in [2.05, 4.69) is 9.88 Å². The second kappa shape index (κ2) is 3.81. The molecule has 0 saturated carbocycles. The van der Waals surface area contributed by atoms with Gasteiger partial charge in [-0.05, 0) is 37.5 Å². The number of benzene rings is 1. The van der Waals surface area contributed by atoms with Gasteiger partial charge >= 0.3 is 0 Å². The van der Waals surface area contributed by atoms with Gasteiger partial charge < -0.3 is 9.88 Å². The highest BCUT2D eigenvalue weighted by Crippen LogP contribution is 2.29. The second-order valence-corrected chi connectivity index (χ2v) is 4.41. The van der Waals surface area contributed by atoms with Gasteiger partial charge in [-0.15, -0.1) is 0 Å². The van der Waals surface area contributed by atoms with Gasteiger partial charge in [0.2, 0.25) is 0 Å². The highest BCUT2D eigenvalue weighted by molar-refractivity contribution is 5.92. The number of anilines is 1. The van der Waals surface area contributed by atoms with Gasteiger partial charge in [-0.3, -0.25) is 0 Å². The number of hydrogen-bond acceptors (Lipinski definition) is 1. The summed E-state index contributed by atoms with van der Waals surface area (Å²) < 4.78 is 13.2. The molecule has 84 valence electrons. The van der Waals surface area contributed by atoms with E-state index in [-0.39, 0.29) is 5.82 Å². The van der Waals surface area contributed by atoms with Gasteiger partial charge in [0.25, 0.3) is 0 Å². The summed E-state index contributed by atoms with van der Waals surface area (Å²) in [4.78, 5) is 5.55. The lowest BCUT2D eigenvalue weighted by atomic mass is 10.1. The zero-order valence-electron chi connectivity index (χ0n) is 9.17. The molecular weight excluding hydrogens is 203 g/mol. The van der Waals surface area contributed by atoms with E-state index in [9.17, 15) is 4.39 Å². The zero-order valence-corrected chi connectivity index (χ0v) is 9.17. The number of nitrogens with one attached hydrogen (secondary N) is 1. The van der Waals surface area contributed by atoms with E-state index < -0.39 is 0 Å². The van der Waals surface area contributed by atoms with Crippen LogP contribution in [0.5, 0.6) is 0 Å². The summed E-state index contributed by atoms with van der Waals surface area (Å²) in [5, 5.41) is 1.00. The minimum absolute atomic E-state index is 0.162. The third-order valence-corrected chi connectivity index (χ3v) is 3.32. The Morgan fingerprint density at radius 1 is 1.12 bits per heavy atom. The van der Waals surface area contributed by atoms with Crippen LogP contribution in [0.15, 0.2) is 24.4 Å². The second-order valence-electron chi connectivity index (χ2n) is 4.41. The van der Waals surface area contributed by atoms with Crippen LogP contribution in [0.2, 0.25) is 0 Å². The van der Waals surface area contributed by atoms with E-state index in [1.54, 1.807) is 12.1 Å². The number of aromatic nitrogens is 1. The van der Waals surface area contributed by atoms with Crippen molar-refractivity contribution in [2.45, 2.75) is 19.3 Å². The molecule has 1 fully saturated rings. The smallest absolute Gasteiger partial charge is 0.124 e. The summed E-state index contributed by atoms with van der Waals surface area (Å²) in [5.41, 5.74) is 2.16. The Morgan fingerprint density at radius 2 is 1.94 bits per heavy atom. The molecule has 0 unspecified atom stereocenters. The minimum Gasteiger partial charge on any atom is -0.370 e. The number of rotatable bonds is 1. The Hall–Kier alpha value is -1.51. The maximum atomic E-state index is 13.2. The summed E-state index contributed by atoms with van der Waals surface area (Å²) in [6.45, 7) is 2.17. The molecule has 0 aliphatic carbocycles. The molecule has 2 heterocycles. The molecule has 1 saturated heterocycles. The zero-order chi connectivity index (χ0) is 11.0. The highest BCUT2D eigenvalue weighted by atomic mass is 19.1. The van der Waals surface area contributed by atoms with Gasteiger partial charge in [0.05, 0.1) is 5.69 Å². The Bertz CT molecular complexity index is 498. The van der Waals surface area contributed by atoms with Gasteiger partial charge in [0.15, 0.2) is 0 Å². The van der Waals surface area contributed by atoms with Crippen LogP contribution >= 0.6 is 0 Å². The van der Waals surface area contributed by atoms with Gasteiger partial charge in [-0.25, -0.2) is 4.39 Å². The summed E-state index contributed by atoms with van der Waals surface area (Å²) in [6, 6.07) is 4.92. The van der Waals surface area contributed by atoms with E-state index in [1.165, 1.54) is 25.3 Å². The first-order valence-corrected chi connectivity index (χ1v) is 5.86. The number of halogens is 1. The molecule has 1 aromatic carbocycles. The van der Waals surface area contributed by atoms with Crippen LogP contribution in [-0.2, 0) is 0 Å². The van der Waals surface area contributed by atoms with Crippen LogP contribution in [0.25, 0.3) is 10.9 Å². The van der Waals surface area contributed by atoms with Crippen molar-refractivity contribution in [2.24, 2.45) is 0 Å².